The largest absolute Gasteiger partial charge is 0.341 e. The summed E-state index contributed by atoms with van der Waals surface area (Å²) in [5, 5.41) is 0.732. The minimum Gasteiger partial charge on any atom is -0.341 e. The minimum atomic E-state index is -0.539. The average Bonchev–Trinajstić information content (AvgIpc) is 3.07. The van der Waals surface area contributed by atoms with Crippen molar-refractivity contribution in [3.8, 4) is 0 Å². The van der Waals surface area contributed by atoms with Gasteiger partial charge < -0.3 is 9.47 Å². The van der Waals surface area contributed by atoms with E-state index >= 15 is 0 Å². The number of nitrogens with zero attached hydrogens (tertiary/aromatic N) is 2. The van der Waals surface area contributed by atoms with Crippen LogP contribution in [0.15, 0.2) is 54.7 Å². The maximum Gasteiger partial charge on any atom is 0.242 e. The fourth-order valence-electron chi connectivity index (χ4n) is 3.85. The molecule has 4 nitrogen and oxygen atoms in total. The molecule has 1 aliphatic heterocycles. The first-order valence-corrected chi connectivity index (χ1v) is 9.69. The lowest BCUT2D eigenvalue weighted by Gasteiger charge is -2.30. The summed E-state index contributed by atoms with van der Waals surface area (Å²) in [4.78, 5) is 27.6. The van der Waals surface area contributed by atoms with E-state index < -0.39 is 5.82 Å². The molecule has 144 valence electrons. The summed E-state index contributed by atoms with van der Waals surface area (Å²) in [6, 6.07) is 13.4. The van der Waals surface area contributed by atoms with Gasteiger partial charge in [0.1, 0.15) is 12.4 Å². The number of piperidine rings is 1. The highest BCUT2D eigenvalue weighted by Gasteiger charge is 2.23. The van der Waals surface area contributed by atoms with Crippen molar-refractivity contribution in [1.82, 2.24) is 9.47 Å². The zero-order valence-corrected chi connectivity index (χ0v) is 15.9. The van der Waals surface area contributed by atoms with Crippen molar-refractivity contribution in [2.75, 3.05) is 13.1 Å². The predicted octanol–water partition coefficient (Wildman–Crippen LogP) is 4.27. The molecular weight excluding hydrogens is 355 g/mol. The van der Waals surface area contributed by atoms with Crippen LogP contribution in [0, 0.1) is 11.7 Å². The Kier molecular flexibility index (Phi) is 4.99. The monoisotopic (exact) mass is 378 g/mol. The summed E-state index contributed by atoms with van der Waals surface area (Å²) in [7, 11) is 0. The zero-order chi connectivity index (χ0) is 19.7. The number of aromatic nitrogens is 1. The molecule has 0 aliphatic carbocycles. The lowest BCUT2D eigenvalue weighted by Crippen LogP contribution is -2.39. The highest BCUT2D eigenvalue weighted by molar-refractivity contribution is 6.16. The van der Waals surface area contributed by atoms with E-state index in [-0.39, 0.29) is 23.8 Å². The molecule has 0 radical (unpaired) electrons. The Morgan fingerprint density at radius 1 is 1.00 bits per heavy atom. The molecule has 1 aromatic heterocycles. The minimum absolute atomic E-state index is 0.0433. The Bertz CT molecular complexity index is 1030. The number of carbonyl (C=O) groups excluding carboxylic acids is 2. The van der Waals surface area contributed by atoms with E-state index in [1.807, 2.05) is 33.7 Å². The molecule has 0 bridgehead atoms. The number of fused-ring (bicyclic) bond motifs is 1. The van der Waals surface area contributed by atoms with Crippen molar-refractivity contribution in [3.05, 3.63) is 71.7 Å². The third kappa shape index (κ3) is 3.44. The number of para-hydroxylation sites is 1. The summed E-state index contributed by atoms with van der Waals surface area (Å²) in [6.07, 6.45) is 3.73. The van der Waals surface area contributed by atoms with Crippen LogP contribution >= 0.6 is 0 Å². The van der Waals surface area contributed by atoms with Gasteiger partial charge >= 0.3 is 0 Å². The molecule has 0 unspecified atom stereocenters. The smallest absolute Gasteiger partial charge is 0.242 e. The number of likely N-dealkylation sites (tertiary alicyclic amines) is 1. The van der Waals surface area contributed by atoms with Crippen molar-refractivity contribution >= 4 is 22.6 Å². The lowest BCUT2D eigenvalue weighted by atomic mass is 9.99. The molecule has 2 aromatic carbocycles. The van der Waals surface area contributed by atoms with Crippen LogP contribution in [0.1, 0.15) is 35.7 Å². The van der Waals surface area contributed by atoms with Gasteiger partial charge in [-0.05, 0) is 37.0 Å². The van der Waals surface area contributed by atoms with Gasteiger partial charge in [-0.3, -0.25) is 9.59 Å². The van der Waals surface area contributed by atoms with E-state index in [1.165, 1.54) is 12.1 Å². The van der Waals surface area contributed by atoms with Crippen LogP contribution in [0.25, 0.3) is 10.9 Å². The van der Waals surface area contributed by atoms with E-state index in [1.54, 1.807) is 18.3 Å². The predicted molar refractivity (Wildman–Crippen MR) is 107 cm³/mol. The molecule has 0 saturated carbocycles. The van der Waals surface area contributed by atoms with Crippen molar-refractivity contribution in [3.63, 3.8) is 0 Å². The molecule has 0 N–H and O–H groups in total. The zero-order valence-electron chi connectivity index (χ0n) is 15.9. The van der Waals surface area contributed by atoms with Crippen molar-refractivity contribution in [1.29, 1.82) is 0 Å². The maximum atomic E-state index is 14.1. The number of hydrogen-bond donors (Lipinski definition) is 0. The summed E-state index contributed by atoms with van der Waals surface area (Å²) in [6.45, 7) is 3.95. The van der Waals surface area contributed by atoms with Gasteiger partial charge in [0.25, 0.3) is 0 Å². The van der Waals surface area contributed by atoms with Crippen LogP contribution in [0.2, 0.25) is 0 Å². The molecule has 28 heavy (non-hydrogen) atoms. The Labute approximate surface area is 163 Å². The second-order valence-electron chi connectivity index (χ2n) is 7.56. The van der Waals surface area contributed by atoms with Gasteiger partial charge in [-0.1, -0.05) is 37.3 Å². The van der Waals surface area contributed by atoms with Crippen molar-refractivity contribution in [2.45, 2.75) is 26.3 Å². The number of halogens is 1. The van der Waals surface area contributed by atoms with E-state index in [0.717, 1.165) is 36.8 Å². The summed E-state index contributed by atoms with van der Waals surface area (Å²) < 4.78 is 15.9. The van der Waals surface area contributed by atoms with Gasteiger partial charge in [0.2, 0.25) is 5.91 Å². The quantitative estimate of drug-likeness (QED) is 0.636. The number of carbonyl (C=O) groups is 2. The lowest BCUT2D eigenvalue weighted by molar-refractivity contribution is -0.133. The van der Waals surface area contributed by atoms with Crippen LogP contribution in [-0.2, 0) is 11.3 Å². The van der Waals surface area contributed by atoms with Crippen LogP contribution in [0.4, 0.5) is 4.39 Å². The number of amides is 1. The first-order chi connectivity index (χ1) is 13.5. The molecule has 3 aromatic rings. The van der Waals surface area contributed by atoms with Gasteiger partial charge in [0.05, 0.1) is 5.56 Å². The Morgan fingerprint density at radius 2 is 1.68 bits per heavy atom. The summed E-state index contributed by atoms with van der Waals surface area (Å²) >= 11 is 0. The van der Waals surface area contributed by atoms with E-state index in [9.17, 15) is 14.0 Å². The third-order valence-corrected chi connectivity index (χ3v) is 5.59. The standard InChI is InChI=1S/C23H23FN2O2/c1-16-10-12-25(13-11-16)22(27)15-26-14-19(17-6-3-5-9-21(17)26)23(28)18-7-2-4-8-20(18)24/h2-9,14,16H,10-13,15H2,1H3. The topological polar surface area (TPSA) is 42.3 Å². The molecule has 5 heteroatoms. The van der Waals surface area contributed by atoms with Gasteiger partial charge in [0, 0.05) is 35.8 Å². The second kappa shape index (κ2) is 7.58. The summed E-state index contributed by atoms with van der Waals surface area (Å²) in [5.74, 6) is -0.200. The second-order valence-corrected chi connectivity index (χ2v) is 7.56. The number of benzene rings is 2. The van der Waals surface area contributed by atoms with E-state index in [2.05, 4.69) is 6.92 Å². The van der Waals surface area contributed by atoms with Gasteiger partial charge in [0.15, 0.2) is 5.78 Å². The molecular formula is C23H23FN2O2. The van der Waals surface area contributed by atoms with Gasteiger partial charge in [-0.2, -0.15) is 0 Å². The fourth-order valence-corrected chi connectivity index (χ4v) is 3.85. The Morgan fingerprint density at radius 3 is 2.43 bits per heavy atom. The number of ketones is 1. The molecule has 0 spiro atoms. The maximum absolute atomic E-state index is 14.1. The first-order valence-electron chi connectivity index (χ1n) is 9.69. The van der Waals surface area contributed by atoms with Crippen LogP contribution in [0.5, 0.6) is 0 Å². The van der Waals surface area contributed by atoms with Gasteiger partial charge in [-0.25, -0.2) is 4.39 Å². The Hall–Kier alpha value is -2.95. The molecule has 2 heterocycles. The number of rotatable bonds is 4. The normalized spacial score (nSPS) is 15.1. The summed E-state index contributed by atoms with van der Waals surface area (Å²) in [5.41, 5.74) is 1.27. The SMILES string of the molecule is CC1CCN(C(=O)Cn2cc(C(=O)c3ccccc3F)c3ccccc32)CC1. The fraction of sp³-hybridized carbons (Fsp3) is 0.304. The van der Waals surface area contributed by atoms with E-state index in [4.69, 9.17) is 0 Å². The molecule has 0 atom stereocenters. The highest BCUT2D eigenvalue weighted by atomic mass is 19.1. The molecule has 1 saturated heterocycles. The molecule has 1 amide bonds. The number of hydrogen-bond acceptors (Lipinski definition) is 2. The van der Waals surface area contributed by atoms with Crippen LogP contribution in [0.3, 0.4) is 0 Å². The molecule has 4 rings (SSSR count). The Balaban J connectivity index is 1.66. The highest BCUT2D eigenvalue weighted by Crippen LogP contribution is 2.25. The first kappa shape index (κ1) is 18.4. The average molecular weight is 378 g/mol. The molecule has 1 aliphatic rings. The van der Waals surface area contributed by atoms with Crippen LogP contribution < -0.4 is 0 Å². The van der Waals surface area contributed by atoms with Gasteiger partial charge in [-0.15, -0.1) is 0 Å². The molecule has 1 fully saturated rings. The third-order valence-electron chi connectivity index (χ3n) is 5.59. The van der Waals surface area contributed by atoms with Crippen molar-refractivity contribution in [2.24, 2.45) is 5.92 Å². The van der Waals surface area contributed by atoms with E-state index in [0.29, 0.717) is 11.5 Å². The van der Waals surface area contributed by atoms with Crippen LogP contribution in [-0.4, -0.2) is 34.2 Å². The van der Waals surface area contributed by atoms with Crippen molar-refractivity contribution < 1.29 is 14.0 Å².